The number of amides is 1. The molecule has 1 N–H and O–H groups in total. The first-order chi connectivity index (χ1) is 17.6. The number of ether oxygens (including phenoxy) is 6. The van der Waals surface area contributed by atoms with Gasteiger partial charge >= 0.3 is 5.97 Å². The number of aliphatic hydroxyl groups is 1. The van der Waals surface area contributed by atoms with Crippen molar-refractivity contribution in [2.75, 3.05) is 73.1 Å². The fourth-order valence-electron chi connectivity index (χ4n) is 4.30. The molecule has 0 aliphatic carbocycles. The molecule has 36 heavy (non-hydrogen) atoms. The number of morpholine rings is 1. The predicted molar refractivity (Wildman–Crippen MR) is 129 cm³/mol. The Morgan fingerprint density at radius 1 is 1.06 bits per heavy atom. The summed E-state index contributed by atoms with van der Waals surface area (Å²) in [6.45, 7) is 5.81. The summed E-state index contributed by atoms with van der Waals surface area (Å²) >= 11 is 0. The Morgan fingerprint density at radius 3 is 2.39 bits per heavy atom. The number of benzene rings is 1. The zero-order valence-corrected chi connectivity index (χ0v) is 21.1. The van der Waals surface area contributed by atoms with Gasteiger partial charge < -0.3 is 38.4 Å². The van der Waals surface area contributed by atoms with Crippen LogP contribution in [0.4, 0.5) is 0 Å². The van der Waals surface area contributed by atoms with Gasteiger partial charge in [-0.25, -0.2) is 4.79 Å². The lowest BCUT2D eigenvalue weighted by Crippen LogP contribution is -2.44. The highest BCUT2D eigenvalue weighted by atomic mass is 16.7. The third-order valence-corrected chi connectivity index (χ3v) is 6.14. The molecule has 1 saturated heterocycles. The van der Waals surface area contributed by atoms with Crippen molar-refractivity contribution in [3.63, 3.8) is 0 Å². The zero-order valence-electron chi connectivity index (χ0n) is 21.1. The Bertz CT molecular complexity index is 851. The van der Waals surface area contributed by atoms with Crippen molar-refractivity contribution in [1.82, 2.24) is 4.90 Å². The number of carbonyl (C=O) groups excluding carboxylic acids is 2. The van der Waals surface area contributed by atoms with Crippen LogP contribution in [0.2, 0.25) is 0 Å². The summed E-state index contributed by atoms with van der Waals surface area (Å²) in [7, 11) is 1.35. The first kappa shape index (κ1) is 28.1. The van der Waals surface area contributed by atoms with Gasteiger partial charge in [-0.3, -0.25) is 4.79 Å². The molecule has 1 amide bonds. The van der Waals surface area contributed by atoms with Crippen LogP contribution in [0.25, 0.3) is 0 Å². The number of esters is 1. The van der Waals surface area contributed by atoms with E-state index >= 15 is 0 Å². The summed E-state index contributed by atoms with van der Waals surface area (Å²) in [6, 6.07) is 7.18. The molecule has 2 heterocycles. The van der Waals surface area contributed by atoms with Gasteiger partial charge in [-0.1, -0.05) is 12.1 Å². The highest BCUT2D eigenvalue weighted by Gasteiger charge is 2.39. The number of carbonyl (C=O) groups is 2. The van der Waals surface area contributed by atoms with E-state index in [1.54, 1.807) is 17.0 Å². The van der Waals surface area contributed by atoms with Crippen LogP contribution >= 0.6 is 0 Å². The van der Waals surface area contributed by atoms with Gasteiger partial charge in [0.05, 0.1) is 52.3 Å². The van der Waals surface area contributed by atoms with Crippen molar-refractivity contribution in [2.45, 2.75) is 25.6 Å². The van der Waals surface area contributed by atoms with E-state index in [-0.39, 0.29) is 36.7 Å². The maximum Gasteiger partial charge on any atom is 0.337 e. The molecule has 0 bridgehead atoms. The fourth-order valence-corrected chi connectivity index (χ4v) is 4.30. The Balaban J connectivity index is 1.81. The molecule has 0 spiro atoms. The minimum atomic E-state index is -0.639. The summed E-state index contributed by atoms with van der Waals surface area (Å²) in [5.74, 6) is -0.667. The van der Waals surface area contributed by atoms with Gasteiger partial charge in [0.2, 0.25) is 6.29 Å². The van der Waals surface area contributed by atoms with Crippen molar-refractivity contribution in [2.24, 2.45) is 5.92 Å². The van der Waals surface area contributed by atoms with Gasteiger partial charge in [-0.05, 0) is 37.1 Å². The third-order valence-electron chi connectivity index (χ3n) is 6.14. The molecule has 2 aliphatic heterocycles. The molecule has 0 aromatic heterocycles. The molecule has 1 fully saturated rings. The van der Waals surface area contributed by atoms with Crippen molar-refractivity contribution in [1.29, 1.82) is 0 Å². The number of methoxy groups -OCH3 is 1. The molecule has 10 heteroatoms. The van der Waals surface area contributed by atoms with Crippen LogP contribution in [0.3, 0.4) is 0 Å². The quantitative estimate of drug-likeness (QED) is 0.315. The van der Waals surface area contributed by atoms with E-state index in [0.29, 0.717) is 64.7 Å². The average Bonchev–Trinajstić information content (AvgIpc) is 2.92. The second-order valence-electron chi connectivity index (χ2n) is 8.42. The van der Waals surface area contributed by atoms with Gasteiger partial charge in [-0.15, -0.1) is 0 Å². The number of allylic oxidation sites excluding steroid dienone is 1. The van der Waals surface area contributed by atoms with Crippen molar-refractivity contribution < 1.29 is 43.1 Å². The topological polar surface area (TPSA) is 113 Å². The summed E-state index contributed by atoms with van der Waals surface area (Å²) in [4.78, 5) is 26.9. The van der Waals surface area contributed by atoms with Crippen LogP contribution < -0.4 is 0 Å². The summed E-state index contributed by atoms with van der Waals surface area (Å²) in [6.07, 6.45) is 1.83. The highest BCUT2D eigenvalue weighted by molar-refractivity contribution is 5.92. The highest BCUT2D eigenvalue weighted by Crippen LogP contribution is 2.39. The van der Waals surface area contributed by atoms with Crippen molar-refractivity contribution in [3.8, 4) is 0 Å². The lowest BCUT2D eigenvalue weighted by Gasteiger charge is -2.38. The van der Waals surface area contributed by atoms with Crippen molar-refractivity contribution >= 4 is 11.9 Å². The van der Waals surface area contributed by atoms with Crippen LogP contribution in [0.1, 0.15) is 35.2 Å². The Kier molecular flexibility index (Phi) is 11.6. The molecular weight excluding hydrogens is 470 g/mol. The largest absolute Gasteiger partial charge is 0.465 e. The first-order valence-electron chi connectivity index (χ1n) is 12.4. The van der Waals surface area contributed by atoms with E-state index in [1.165, 1.54) is 7.11 Å². The normalized spacial score (nSPS) is 22.0. The number of hydrogen-bond acceptors (Lipinski definition) is 9. The summed E-state index contributed by atoms with van der Waals surface area (Å²) in [5.41, 5.74) is 1.38. The number of aliphatic hydroxyl groups excluding tert-OH is 1. The maximum absolute atomic E-state index is 13.3. The minimum Gasteiger partial charge on any atom is -0.465 e. The fraction of sp³-hybridized carbons (Fsp3) is 0.615. The summed E-state index contributed by atoms with van der Waals surface area (Å²) in [5, 5.41) is 8.80. The lowest BCUT2D eigenvalue weighted by atomic mass is 9.81. The van der Waals surface area contributed by atoms with E-state index in [2.05, 4.69) is 0 Å². The van der Waals surface area contributed by atoms with E-state index in [0.717, 1.165) is 5.56 Å². The molecule has 3 rings (SSSR count). The molecule has 3 atom stereocenters. The number of nitrogens with zero attached hydrogens (tertiary/aromatic N) is 1. The van der Waals surface area contributed by atoms with E-state index in [4.69, 9.17) is 33.5 Å². The van der Waals surface area contributed by atoms with E-state index < -0.39 is 12.3 Å². The monoisotopic (exact) mass is 507 g/mol. The zero-order chi connectivity index (χ0) is 25.8. The van der Waals surface area contributed by atoms with Gasteiger partial charge in [-0.2, -0.15) is 0 Å². The molecule has 200 valence electrons. The SMILES string of the molecule is CCO[C@H]1OC(C(=O)N2CCOCC2)=C[C@@H](c2ccc(C(=O)OC)cc2)[C@@H]1CCOCCOCCO. The molecular formula is C26H37NO9. The van der Waals surface area contributed by atoms with Crippen LogP contribution in [-0.2, 0) is 33.2 Å². The summed E-state index contributed by atoms with van der Waals surface area (Å²) < 4.78 is 33.3. The van der Waals surface area contributed by atoms with Crippen molar-refractivity contribution in [3.05, 3.63) is 47.2 Å². The second-order valence-corrected chi connectivity index (χ2v) is 8.42. The number of rotatable bonds is 13. The standard InChI is InChI=1S/C26H37NO9/c1-3-35-26-21(8-12-32-16-17-34-15-11-28)22(19-4-6-20(7-5-19)25(30)31-2)18-23(36-26)24(29)27-9-13-33-14-10-27/h4-7,18,21-22,26,28H,3,8-17H2,1-2H3/t21-,22-,26-/m0/s1. The molecule has 0 radical (unpaired) electrons. The van der Waals surface area contributed by atoms with Crippen LogP contribution in [-0.4, -0.2) is 101 Å². The second kappa shape index (κ2) is 14.9. The Hall–Kier alpha value is -2.50. The predicted octanol–water partition coefficient (Wildman–Crippen LogP) is 1.72. The molecule has 2 aliphatic rings. The Morgan fingerprint density at radius 2 is 1.75 bits per heavy atom. The molecule has 1 aromatic carbocycles. The average molecular weight is 508 g/mol. The first-order valence-corrected chi connectivity index (χ1v) is 12.4. The molecule has 0 unspecified atom stereocenters. The van der Waals surface area contributed by atoms with Gasteiger partial charge in [0.15, 0.2) is 5.76 Å². The van der Waals surface area contributed by atoms with E-state index in [9.17, 15) is 9.59 Å². The maximum atomic E-state index is 13.3. The van der Waals surface area contributed by atoms with Crippen LogP contribution in [0, 0.1) is 5.92 Å². The minimum absolute atomic E-state index is 0.0241. The van der Waals surface area contributed by atoms with Gasteiger partial charge in [0.25, 0.3) is 5.91 Å². The molecule has 0 saturated carbocycles. The van der Waals surface area contributed by atoms with E-state index in [1.807, 2.05) is 25.1 Å². The molecule has 1 aromatic rings. The number of hydrogen-bond donors (Lipinski definition) is 1. The van der Waals surface area contributed by atoms with Crippen LogP contribution in [0.15, 0.2) is 36.1 Å². The smallest absolute Gasteiger partial charge is 0.337 e. The van der Waals surface area contributed by atoms with Gasteiger partial charge in [0.1, 0.15) is 0 Å². The lowest BCUT2D eigenvalue weighted by molar-refractivity contribution is -0.173. The van der Waals surface area contributed by atoms with Gasteiger partial charge in [0, 0.05) is 38.1 Å². The molecule has 10 nitrogen and oxygen atoms in total. The van der Waals surface area contributed by atoms with Crippen LogP contribution in [0.5, 0.6) is 0 Å². The Labute approximate surface area is 212 Å². The third kappa shape index (κ3) is 7.75.